The summed E-state index contributed by atoms with van der Waals surface area (Å²) >= 11 is 0. The zero-order valence-electron chi connectivity index (χ0n) is 13.9. The SMILES string of the molecule is CCNC(=O)NC(=O)CN1C(=O)N[C@]2(CCCc3ccccc32)C1=O. The summed E-state index contributed by atoms with van der Waals surface area (Å²) in [6.07, 6.45) is 2.10. The van der Waals surface area contributed by atoms with Gasteiger partial charge in [0.2, 0.25) is 5.91 Å². The van der Waals surface area contributed by atoms with Crippen LogP contribution in [-0.4, -0.2) is 41.9 Å². The minimum atomic E-state index is -1.11. The predicted molar refractivity (Wildman–Crippen MR) is 88.5 cm³/mol. The van der Waals surface area contributed by atoms with Crippen molar-refractivity contribution in [2.45, 2.75) is 31.7 Å². The van der Waals surface area contributed by atoms with Gasteiger partial charge in [0.15, 0.2) is 0 Å². The van der Waals surface area contributed by atoms with Crippen molar-refractivity contribution in [3.05, 3.63) is 35.4 Å². The number of carbonyl (C=O) groups is 4. The number of benzene rings is 1. The molecule has 0 radical (unpaired) electrons. The standard InChI is InChI=1S/C17H20N4O4/c1-2-18-15(24)19-13(22)10-21-14(23)17(20-16(21)25)9-5-7-11-6-3-4-8-12(11)17/h3-4,6,8H,2,5,7,9-10H2,1H3,(H,20,25)(H2,18,19,22,24)/t17-/m0/s1. The summed E-state index contributed by atoms with van der Waals surface area (Å²) in [5.74, 6) is -1.16. The molecular weight excluding hydrogens is 324 g/mol. The van der Waals surface area contributed by atoms with Gasteiger partial charge in [-0.15, -0.1) is 0 Å². The Bertz CT molecular complexity index is 748. The fourth-order valence-corrected chi connectivity index (χ4v) is 3.47. The van der Waals surface area contributed by atoms with Crippen LogP contribution in [0.1, 0.15) is 30.9 Å². The monoisotopic (exact) mass is 344 g/mol. The molecular formula is C17H20N4O4. The molecule has 0 aromatic heterocycles. The van der Waals surface area contributed by atoms with Crippen LogP contribution in [0.4, 0.5) is 9.59 Å². The number of hydrogen-bond donors (Lipinski definition) is 3. The lowest BCUT2D eigenvalue weighted by Gasteiger charge is -2.33. The van der Waals surface area contributed by atoms with E-state index in [9.17, 15) is 19.2 Å². The van der Waals surface area contributed by atoms with Gasteiger partial charge in [-0.2, -0.15) is 0 Å². The first-order valence-corrected chi connectivity index (χ1v) is 8.28. The Kier molecular flexibility index (Phi) is 4.43. The number of fused-ring (bicyclic) bond motifs is 2. The van der Waals surface area contributed by atoms with Gasteiger partial charge in [0, 0.05) is 6.54 Å². The first kappa shape index (κ1) is 16.9. The van der Waals surface area contributed by atoms with Crippen LogP contribution in [0.15, 0.2) is 24.3 Å². The molecule has 2 aliphatic rings. The lowest BCUT2D eigenvalue weighted by Crippen LogP contribution is -2.48. The van der Waals surface area contributed by atoms with E-state index in [2.05, 4.69) is 16.0 Å². The number of nitrogens with zero attached hydrogens (tertiary/aromatic N) is 1. The van der Waals surface area contributed by atoms with Gasteiger partial charge in [0.25, 0.3) is 5.91 Å². The van der Waals surface area contributed by atoms with Crippen LogP contribution in [0.25, 0.3) is 0 Å². The second-order valence-corrected chi connectivity index (χ2v) is 6.15. The topological polar surface area (TPSA) is 108 Å². The van der Waals surface area contributed by atoms with E-state index in [4.69, 9.17) is 0 Å². The highest BCUT2D eigenvalue weighted by Crippen LogP contribution is 2.39. The first-order valence-electron chi connectivity index (χ1n) is 8.28. The molecule has 132 valence electrons. The maximum atomic E-state index is 13.0. The number of carbonyl (C=O) groups excluding carboxylic acids is 4. The van der Waals surface area contributed by atoms with Crippen LogP contribution in [0.2, 0.25) is 0 Å². The number of imide groups is 2. The summed E-state index contributed by atoms with van der Waals surface area (Å²) in [6.45, 7) is 1.58. The van der Waals surface area contributed by atoms with Gasteiger partial charge >= 0.3 is 12.1 Å². The van der Waals surface area contributed by atoms with E-state index >= 15 is 0 Å². The van der Waals surface area contributed by atoms with Crippen LogP contribution < -0.4 is 16.0 Å². The van der Waals surface area contributed by atoms with Gasteiger partial charge in [0.05, 0.1) is 0 Å². The third-order valence-corrected chi connectivity index (χ3v) is 4.54. The average Bonchev–Trinajstić information content (AvgIpc) is 2.80. The van der Waals surface area contributed by atoms with Gasteiger partial charge in [-0.25, -0.2) is 9.59 Å². The third-order valence-electron chi connectivity index (χ3n) is 4.54. The van der Waals surface area contributed by atoms with Gasteiger partial charge in [-0.05, 0) is 37.3 Å². The summed E-state index contributed by atoms with van der Waals surface area (Å²) in [4.78, 5) is 49.5. The molecule has 0 unspecified atom stereocenters. The summed E-state index contributed by atoms with van der Waals surface area (Å²) < 4.78 is 0. The van der Waals surface area contributed by atoms with Crippen molar-refractivity contribution in [3.8, 4) is 0 Å². The number of aryl methyl sites for hydroxylation is 1. The fraction of sp³-hybridized carbons (Fsp3) is 0.412. The molecule has 1 aliphatic heterocycles. The molecule has 1 spiro atoms. The quantitative estimate of drug-likeness (QED) is 0.699. The first-order chi connectivity index (χ1) is 12.0. The molecule has 1 aliphatic carbocycles. The smallest absolute Gasteiger partial charge is 0.325 e. The summed E-state index contributed by atoms with van der Waals surface area (Å²) in [6, 6.07) is 6.24. The zero-order chi connectivity index (χ0) is 18.0. The van der Waals surface area contributed by atoms with Crippen molar-refractivity contribution in [2.75, 3.05) is 13.1 Å². The average molecular weight is 344 g/mol. The van der Waals surface area contributed by atoms with Gasteiger partial charge in [-0.1, -0.05) is 24.3 Å². The van der Waals surface area contributed by atoms with E-state index in [1.165, 1.54) is 0 Å². The fourth-order valence-electron chi connectivity index (χ4n) is 3.47. The van der Waals surface area contributed by atoms with Gasteiger partial charge in [0.1, 0.15) is 12.1 Å². The molecule has 1 heterocycles. The van der Waals surface area contributed by atoms with E-state index in [1.54, 1.807) is 6.92 Å². The maximum absolute atomic E-state index is 13.0. The Balaban J connectivity index is 1.80. The Morgan fingerprint density at radius 3 is 2.80 bits per heavy atom. The van der Waals surface area contributed by atoms with Gasteiger partial charge in [-0.3, -0.25) is 19.8 Å². The van der Waals surface area contributed by atoms with Crippen LogP contribution in [-0.2, 0) is 21.5 Å². The van der Waals surface area contributed by atoms with Crippen molar-refractivity contribution in [2.24, 2.45) is 0 Å². The van der Waals surface area contributed by atoms with Crippen molar-refractivity contribution in [1.82, 2.24) is 20.9 Å². The zero-order valence-corrected chi connectivity index (χ0v) is 13.9. The lowest BCUT2D eigenvalue weighted by molar-refractivity contribution is -0.135. The number of rotatable bonds is 3. The van der Waals surface area contributed by atoms with Crippen LogP contribution >= 0.6 is 0 Å². The van der Waals surface area contributed by atoms with Crippen molar-refractivity contribution in [3.63, 3.8) is 0 Å². The minimum absolute atomic E-state index is 0.363. The molecule has 1 saturated heterocycles. The molecule has 0 saturated carbocycles. The van der Waals surface area contributed by atoms with Crippen LogP contribution in [0, 0.1) is 0 Å². The van der Waals surface area contributed by atoms with E-state index in [1.807, 2.05) is 24.3 Å². The Morgan fingerprint density at radius 1 is 1.28 bits per heavy atom. The van der Waals surface area contributed by atoms with E-state index in [0.29, 0.717) is 13.0 Å². The molecule has 1 fully saturated rings. The lowest BCUT2D eigenvalue weighted by atomic mass is 9.76. The molecule has 3 N–H and O–H groups in total. The van der Waals surface area contributed by atoms with Gasteiger partial charge < -0.3 is 10.6 Å². The number of hydrogen-bond acceptors (Lipinski definition) is 4. The molecule has 1 aromatic rings. The molecule has 3 rings (SSSR count). The third kappa shape index (κ3) is 2.95. The van der Waals surface area contributed by atoms with Crippen molar-refractivity contribution >= 4 is 23.9 Å². The van der Waals surface area contributed by atoms with Crippen molar-refractivity contribution in [1.29, 1.82) is 0 Å². The predicted octanol–water partition coefficient (Wildman–Crippen LogP) is 0.616. The molecule has 6 amide bonds. The maximum Gasteiger partial charge on any atom is 0.325 e. The molecule has 1 aromatic carbocycles. The largest absolute Gasteiger partial charge is 0.338 e. The summed E-state index contributed by atoms with van der Waals surface area (Å²) in [5, 5.41) is 7.28. The highest BCUT2D eigenvalue weighted by molar-refractivity contribution is 6.10. The summed E-state index contributed by atoms with van der Waals surface area (Å²) in [5.41, 5.74) is 0.694. The van der Waals surface area contributed by atoms with Crippen LogP contribution in [0.5, 0.6) is 0 Å². The highest BCUT2D eigenvalue weighted by atomic mass is 16.2. The Morgan fingerprint density at radius 2 is 2.04 bits per heavy atom. The van der Waals surface area contributed by atoms with E-state index in [-0.39, 0.29) is 0 Å². The molecule has 1 atom stereocenters. The molecule has 0 bridgehead atoms. The van der Waals surface area contributed by atoms with E-state index < -0.39 is 36.0 Å². The van der Waals surface area contributed by atoms with Crippen molar-refractivity contribution < 1.29 is 19.2 Å². The second-order valence-electron chi connectivity index (χ2n) is 6.15. The molecule has 8 heteroatoms. The highest BCUT2D eigenvalue weighted by Gasteiger charge is 2.54. The molecule has 25 heavy (non-hydrogen) atoms. The number of amides is 6. The summed E-state index contributed by atoms with van der Waals surface area (Å²) in [7, 11) is 0. The van der Waals surface area contributed by atoms with Crippen LogP contribution in [0.3, 0.4) is 0 Å². The second kappa shape index (κ2) is 6.54. The minimum Gasteiger partial charge on any atom is -0.338 e. The number of urea groups is 2. The Hall–Kier alpha value is -2.90. The normalized spacial score (nSPS) is 21.7. The number of nitrogens with one attached hydrogen (secondary N) is 3. The Labute approximate surface area is 144 Å². The van der Waals surface area contributed by atoms with E-state index in [0.717, 1.165) is 28.9 Å². The molecule has 8 nitrogen and oxygen atoms in total.